The van der Waals surface area contributed by atoms with Crippen LogP contribution in [-0.2, 0) is 17.8 Å². The van der Waals surface area contributed by atoms with Gasteiger partial charge in [-0.25, -0.2) is 0 Å². The number of carbonyl (C=O) groups excluding carboxylic acids is 1. The Morgan fingerprint density at radius 1 is 1.08 bits per heavy atom. The van der Waals surface area contributed by atoms with Gasteiger partial charge in [0.2, 0.25) is 0 Å². The van der Waals surface area contributed by atoms with Crippen LogP contribution < -0.4 is 14.8 Å². The van der Waals surface area contributed by atoms with Crippen molar-refractivity contribution in [1.29, 1.82) is 5.26 Å². The van der Waals surface area contributed by atoms with E-state index in [0.717, 1.165) is 16.7 Å². The van der Waals surface area contributed by atoms with Crippen molar-refractivity contribution in [3.05, 3.63) is 105 Å². The first-order valence-corrected chi connectivity index (χ1v) is 12.1. The summed E-state index contributed by atoms with van der Waals surface area (Å²) in [5.41, 5.74) is 3.59. The smallest absolute Gasteiger partial charge is 0.266 e. The van der Waals surface area contributed by atoms with Crippen LogP contribution >= 0.6 is 23.2 Å². The Balaban J connectivity index is 1.94. The minimum Gasteiger partial charge on any atom is -0.490 e. The predicted octanol–water partition coefficient (Wildman–Crippen LogP) is 7.55. The molecule has 1 N–H and O–H groups in total. The zero-order valence-corrected chi connectivity index (χ0v) is 21.6. The third-order valence-corrected chi connectivity index (χ3v) is 6.03. The zero-order chi connectivity index (χ0) is 26.1. The molecule has 1 amide bonds. The molecule has 7 heteroatoms. The summed E-state index contributed by atoms with van der Waals surface area (Å²) in [6, 6.07) is 18.2. The number of ether oxygens (including phenoxy) is 2. The fraction of sp³-hybridized carbons (Fsp3) is 0.172. The molecule has 0 aliphatic heterocycles. The molecular formula is C29H26Cl2N2O3. The van der Waals surface area contributed by atoms with Gasteiger partial charge in [0.1, 0.15) is 18.2 Å². The van der Waals surface area contributed by atoms with E-state index in [2.05, 4.69) is 11.9 Å². The van der Waals surface area contributed by atoms with Crippen molar-refractivity contribution in [2.45, 2.75) is 26.9 Å². The highest BCUT2D eigenvalue weighted by Crippen LogP contribution is 2.36. The number of aryl methyl sites for hydroxylation is 1. The molecule has 36 heavy (non-hydrogen) atoms. The van der Waals surface area contributed by atoms with Crippen LogP contribution in [-0.4, -0.2) is 12.5 Å². The van der Waals surface area contributed by atoms with Gasteiger partial charge in [-0.1, -0.05) is 53.5 Å². The molecule has 0 radical (unpaired) electrons. The Labute approximate surface area is 221 Å². The fourth-order valence-electron chi connectivity index (χ4n) is 3.45. The molecule has 0 saturated heterocycles. The normalized spacial score (nSPS) is 10.9. The van der Waals surface area contributed by atoms with Crippen LogP contribution in [0.2, 0.25) is 10.0 Å². The number of hydrogen-bond acceptors (Lipinski definition) is 4. The first-order chi connectivity index (χ1) is 17.4. The molecule has 0 heterocycles. The average Bonchev–Trinajstić information content (AvgIpc) is 2.85. The van der Waals surface area contributed by atoms with Crippen LogP contribution in [0.3, 0.4) is 0 Å². The number of allylic oxidation sites excluding steroid dienone is 1. The molecule has 0 fully saturated rings. The first-order valence-electron chi connectivity index (χ1n) is 11.3. The highest BCUT2D eigenvalue weighted by molar-refractivity contribution is 6.32. The van der Waals surface area contributed by atoms with Crippen LogP contribution in [0.1, 0.15) is 29.2 Å². The SMILES string of the molecule is C=CCc1cc(/C=C(/C#N)C(=O)Nc2ccc(C)c(Cl)c2)cc(OCC)c1OCc1ccccc1Cl. The topological polar surface area (TPSA) is 71.4 Å². The van der Waals surface area contributed by atoms with Crippen molar-refractivity contribution in [2.75, 3.05) is 11.9 Å². The minimum absolute atomic E-state index is 0.0663. The lowest BCUT2D eigenvalue weighted by Crippen LogP contribution is -2.13. The van der Waals surface area contributed by atoms with Crippen LogP contribution in [0.25, 0.3) is 6.08 Å². The highest BCUT2D eigenvalue weighted by Gasteiger charge is 2.16. The molecule has 0 aliphatic carbocycles. The maximum absolute atomic E-state index is 12.8. The number of hydrogen-bond donors (Lipinski definition) is 1. The molecular weight excluding hydrogens is 495 g/mol. The number of nitriles is 1. The van der Waals surface area contributed by atoms with E-state index in [1.807, 2.05) is 44.2 Å². The van der Waals surface area contributed by atoms with Crippen LogP contribution in [0.15, 0.2) is 72.8 Å². The third-order valence-electron chi connectivity index (χ3n) is 5.25. The van der Waals surface area contributed by atoms with E-state index in [0.29, 0.717) is 45.8 Å². The van der Waals surface area contributed by atoms with Crippen LogP contribution in [0.5, 0.6) is 11.5 Å². The molecule has 3 aromatic rings. The van der Waals surface area contributed by atoms with Gasteiger partial charge >= 0.3 is 0 Å². The van der Waals surface area contributed by atoms with Crippen LogP contribution in [0, 0.1) is 18.3 Å². The summed E-state index contributed by atoms with van der Waals surface area (Å²) in [6.07, 6.45) is 3.76. The molecule has 0 spiro atoms. The summed E-state index contributed by atoms with van der Waals surface area (Å²) in [5, 5.41) is 13.5. The molecule has 0 bridgehead atoms. The van der Waals surface area contributed by atoms with Crippen LogP contribution in [0.4, 0.5) is 5.69 Å². The van der Waals surface area contributed by atoms with Gasteiger partial charge in [0.25, 0.3) is 5.91 Å². The molecule has 0 saturated carbocycles. The number of rotatable bonds is 10. The number of anilines is 1. The summed E-state index contributed by atoms with van der Waals surface area (Å²) in [6.45, 7) is 8.24. The Morgan fingerprint density at radius 3 is 2.53 bits per heavy atom. The maximum atomic E-state index is 12.8. The van der Waals surface area contributed by atoms with Gasteiger partial charge in [-0.2, -0.15) is 5.26 Å². The molecule has 5 nitrogen and oxygen atoms in total. The van der Waals surface area contributed by atoms with Crippen molar-refractivity contribution in [3.8, 4) is 17.6 Å². The van der Waals surface area contributed by atoms with E-state index >= 15 is 0 Å². The van der Waals surface area contributed by atoms with E-state index in [4.69, 9.17) is 32.7 Å². The Hall–Kier alpha value is -3.72. The first kappa shape index (κ1) is 26.9. The molecule has 0 aliphatic rings. The third kappa shape index (κ3) is 6.91. The number of amides is 1. The Kier molecular flexibility index (Phi) is 9.58. The Bertz CT molecular complexity index is 1340. The number of halogens is 2. The second kappa shape index (κ2) is 12.8. The van der Waals surface area contributed by atoms with Gasteiger partial charge in [-0.3, -0.25) is 4.79 Å². The Morgan fingerprint density at radius 2 is 1.86 bits per heavy atom. The molecule has 0 aromatic heterocycles. The van der Waals surface area contributed by atoms with Crippen molar-refractivity contribution < 1.29 is 14.3 Å². The van der Waals surface area contributed by atoms with Gasteiger partial charge in [-0.05, 0) is 67.8 Å². The van der Waals surface area contributed by atoms with Gasteiger partial charge in [0.15, 0.2) is 11.5 Å². The molecule has 3 aromatic carbocycles. The fourth-order valence-corrected chi connectivity index (χ4v) is 3.82. The lowest BCUT2D eigenvalue weighted by atomic mass is 10.0. The number of carbonyl (C=O) groups is 1. The minimum atomic E-state index is -0.542. The zero-order valence-electron chi connectivity index (χ0n) is 20.1. The monoisotopic (exact) mass is 520 g/mol. The van der Waals surface area contributed by atoms with Gasteiger partial charge < -0.3 is 14.8 Å². The second-order valence-corrected chi connectivity index (χ2v) is 8.72. The van der Waals surface area contributed by atoms with Gasteiger partial charge in [0.05, 0.1) is 6.61 Å². The van der Waals surface area contributed by atoms with E-state index in [1.165, 1.54) is 6.08 Å². The lowest BCUT2D eigenvalue weighted by Gasteiger charge is -2.17. The van der Waals surface area contributed by atoms with Crippen molar-refractivity contribution in [2.24, 2.45) is 0 Å². The summed E-state index contributed by atoms with van der Waals surface area (Å²) < 4.78 is 12.0. The standard InChI is InChI=1S/C29H26Cl2N2O3/c1-4-8-21-13-20(14-23(17-32)29(34)33-24-12-11-19(3)26(31)16-24)15-27(35-5-2)28(21)36-18-22-9-6-7-10-25(22)30/h4,6-7,9-16H,1,5,8,18H2,2-3H3,(H,33,34)/b23-14-. The number of benzene rings is 3. The lowest BCUT2D eigenvalue weighted by molar-refractivity contribution is -0.112. The van der Waals surface area contributed by atoms with E-state index in [9.17, 15) is 10.1 Å². The van der Waals surface area contributed by atoms with Gasteiger partial charge in [0, 0.05) is 26.9 Å². The molecule has 0 unspecified atom stereocenters. The average molecular weight is 521 g/mol. The number of nitrogens with one attached hydrogen (secondary N) is 1. The molecule has 0 atom stereocenters. The van der Waals surface area contributed by atoms with Gasteiger partial charge in [-0.15, -0.1) is 6.58 Å². The van der Waals surface area contributed by atoms with E-state index in [-0.39, 0.29) is 12.2 Å². The van der Waals surface area contributed by atoms with E-state index in [1.54, 1.807) is 36.4 Å². The summed E-state index contributed by atoms with van der Waals surface area (Å²) in [4.78, 5) is 12.8. The predicted molar refractivity (Wildman–Crippen MR) is 146 cm³/mol. The largest absolute Gasteiger partial charge is 0.490 e. The van der Waals surface area contributed by atoms with Crippen molar-refractivity contribution in [3.63, 3.8) is 0 Å². The van der Waals surface area contributed by atoms with E-state index < -0.39 is 5.91 Å². The number of nitrogens with zero attached hydrogens (tertiary/aromatic N) is 1. The second-order valence-electron chi connectivity index (χ2n) is 7.90. The maximum Gasteiger partial charge on any atom is 0.266 e. The molecule has 3 rings (SSSR count). The summed E-state index contributed by atoms with van der Waals surface area (Å²) in [7, 11) is 0. The van der Waals surface area contributed by atoms with Crippen molar-refractivity contribution in [1.82, 2.24) is 0 Å². The molecule has 184 valence electrons. The van der Waals surface area contributed by atoms with Crippen molar-refractivity contribution >= 4 is 40.9 Å². The highest BCUT2D eigenvalue weighted by atomic mass is 35.5. The quantitative estimate of drug-likeness (QED) is 0.170. The summed E-state index contributed by atoms with van der Waals surface area (Å²) in [5.74, 6) is 0.518. The summed E-state index contributed by atoms with van der Waals surface area (Å²) >= 11 is 12.4.